The molecule has 0 fully saturated rings. The number of rotatable bonds is 6. The van der Waals surface area contributed by atoms with Gasteiger partial charge in [0.15, 0.2) is 0 Å². The van der Waals surface area contributed by atoms with Gasteiger partial charge in [-0.15, -0.1) is 0 Å². The summed E-state index contributed by atoms with van der Waals surface area (Å²) in [5.41, 5.74) is 9.32. The molecular formula is C19H21Cl2N5O2. The van der Waals surface area contributed by atoms with Gasteiger partial charge < -0.3 is 15.4 Å². The Morgan fingerprint density at radius 3 is 2.71 bits per heavy atom. The Labute approximate surface area is 173 Å². The number of benzene rings is 1. The topological polar surface area (TPSA) is 85.8 Å². The zero-order valence-electron chi connectivity index (χ0n) is 15.9. The number of aryl methyl sites for hydroxylation is 1. The molecule has 3 aromatic rings. The number of hydrogen-bond acceptors (Lipinski definition) is 5. The summed E-state index contributed by atoms with van der Waals surface area (Å²) in [6.07, 6.45) is 1.66. The minimum atomic E-state index is -0.220. The highest BCUT2D eigenvalue weighted by Crippen LogP contribution is 2.34. The number of likely N-dealkylation sites (N-methyl/N-ethyl adjacent to an activating group) is 1. The third kappa shape index (κ3) is 3.84. The van der Waals surface area contributed by atoms with Crippen molar-refractivity contribution >= 4 is 34.9 Å². The monoisotopic (exact) mass is 421 g/mol. The number of nitrogens with two attached hydrogens (primary N) is 1. The summed E-state index contributed by atoms with van der Waals surface area (Å²) >= 11 is 12.5. The van der Waals surface area contributed by atoms with E-state index < -0.39 is 0 Å². The predicted molar refractivity (Wildman–Crippen MR) is 110 cm³/mol. The molecule has 148 valence electrons. The van der Waals surface area contributed by atoms with Crippen molar-refractivity contribution in [1.29, 1.82) is 0 Å². The van der Waals surface area contributed by atoms with Crippen molar-refractivity contribution in [2.45, 2.75) is 13.5 Å². The van der Waals surface area contributed by atoms with Crippen LogP contribution in [0.15, 0.2) is 24.4 Å². The van der Waals surface area contributed by atoms with Crippen molar-refractivity contribution in [3.63, 3.8) is 0 Å². The van der Waals surface area contributed by atoms with Crippen LogP contribution in [0.1, 0.15) is 21.7 Å². The zero-order chi connectivity index (χ0) is 20.4. The molecule has 3 rings (SSSR count). The van der Waals surface area contributed by atoms with Crippen molar-refractivity contribution in [2.75, 3.05) is 27.3 Å². The number of amides is 1. The molecule has 0 bridgehead atoms. The van der Waals surface area contributed by atoms with Gasteiger partial charge in [0, 0.05) is 55.3 Å². The van der Waals surface area contributed by atoms with Crippen LogP contribution in [0.2, 0.25) is 10.0 Å². The molecule has 28 heavy (non-hydrogen) atoms. The fraction of sp³-hybridized carbons (Fsp3) is 0.316. The summed E-state index contributed by atoms with van der Waals surface area (Å²) in [5.74, 6) is 0.182. The normalized spacial score (nSPS) is 11.2. The molecule has 7 nitrogen and oxygen atoms in total. The fourth-order valence-electron chi connectivity index (χ4n) is 2.99. The van der Waals surface area contributed by atoms with Crippen molar-refractivity contribution in [1.82, 2.24) is 19.3 Å². The molecule has 2 aromatic heterocycles. The fourth-order valence-corrected chi connectivity index (χ4v) is 3.49. The maximum Gasteiger partial charge on any atom is 0.273 e. The van der Waals surface area contributed by atoms with Crippen LogP contribution in [0.25, 0.3) is 17.0 Å². The number of carbonyl (C=O) groups excluding carboxylic acids is 1. The van der Waals surface area contributed by atoms with Crippen LogP contribution in [-0.2, 0) is 11.3 Å². The second kappa shape index (κ2) is 8.45. The third-order valence-corrected chi connectivity index (χ3v) is 5.05. The van der Waals surface area contributed by atoms with E-state index >= 15 is 0 Å². The van der Waals surface area contributed by atoms with Gasteiger partial charge in [-0.25, -0.2) is 9.97 Å². The molecular weight excluding hydrogens is 401 g/mol. The smallest absolute Gasteiger partial charge is 0.273 e. The van der Waals surface area contributed by atoms with Crippen LogP contribution in [-0.4, -0.2) is 52.5 Å². The zero-order valence-corrected chi connectivity index (χ0v) is 17.4. The first-order valence-electron chi connectivity index (χ1n) is 8.65. The quantitative estimate of drug-likeness (QED) is 0.660. The van der Waals surface area contributed by atoms with Gasteiger partial charge in [-0.1, -0.05) is 23.2 Å². The minimum Gasteiger partial charge on any atom is -0.383 e. The second-order valence-corrected chi connectivity index (χ2v) is 7.21. The molecule has 9 heteroatoms. The Bertz CT molecular complexity index is 1030. The van der Waals surface area contributed by atoms with Crippen LogP contribution < -0.4 is 5.73 Å². The highest BCUT2D eigenvalue weighted by Gasteiger charge is 2.21. The van der Waals surface area contributed by atoms with Gasteiger partial charge in [0.2, 0.25) is 5.78 Å². The van der Waals surface area contributed by atoms with E-state index in [2.05, 4.69) is 9.97 Å². The van der Waals surface area contributed by atoms with E-state index in [1.165, 1.54) is 0 Å². The van der Waals surface area contributed by atoms with Crippen molar-refractivity contribution in [3.05, 3.63) is 51.4 Å². The Kier molecular flexibility index (Phi) is 6.20. The summed E-state index contributed by atoms with van der Waals surface area (Å²) < 4.78 is 6.78. The number of hydrogen-bond donors (Lipinski definition) is 1. The molecule has 0 saturated carbocycles. The van der Waals surface area contributed by atoms with Gasteiger partial charge in [0.25, 0.3) is 5.91 Å². The third-order valence-electron chi connectivity index (χ3n) is 4.51. The van der Waals surface area contributed by atoms with Crippen molar-refractivity contribution < 1.29 is 9.53 Å². The number of halogens is 2. The summed E-state index contributed by atoms with van der Waals surface area (Å²) in [6, 6.07) is 5.25. The van der Waals surface area contributed by atoms with Crippen molar-refractivity contribution in [3.8, 4) is 11.3 Å². The Morgan fingerprint density at radius 1 is 1.32 bits per heavy atom. The van der Waals surface area contributed by atoms with E-state index in [4.69, 9.17) is 33.7 Å². The van der Waals surface area contributed by atoms with Gasteiger partial charge in [0.05, 0.1) is 17.3 Å². The predicted octanol–water partition coefficient (Wildman–Crippen LogP) is 3.19. The number of aromatic nitrogens is 3. The van der Waals surface area contributed by atoms with Crippen molar-refractivity contribution in [2.24, 2.45) is 5.73 Å². The minimum absolute atomic E-state index is 0.220. The van der Waals surface area contributed by atoms with Crippen LogP contribution in [0.5, 0.6) is 0 Å². The van der Waals surface area contributed by atoms with E-state index in [0.29, 0.717) is 29.0 Å². The molecule has 0 spiro atoms. The van der Waals surface area contributed by atoms with Crippen LogP contribution >= 0.6 is 23.2 Å². The first kappa shape index (κ1) is 20.5. The Hall–Kier alpha value is -2.19. The van der Waals surface area contributed by atoms with E-state index in [0.717, 1.165) is 22.5 Å². The number of fused-ring (bicyclic) bond motifs is 1. The molecule has 0 aliphatic heterocycles. The largest absolute Gasteiger partial charge is 0.383 e. The number of imidazole rings is 1. The maximum atomic E-state index is 12.7. The molecule has 2 N–H and O–H groups in total. The van der Waals surface area contributed by atoms with Crippen LogP contribution in [0.4, 0.5) is 0 Å². The molecule has 0 aliphatic rings. The lowest BCUT2D eigenvalue weighted by atomic mass is 10.0. The number of methoxy groups -OCH3 is 1. The number of ether oxygens (including phenoxy) is 1. The second-order valence-electron chi connectivity index (χ2n) is 6.37. The Balaban J connectivity index is 2.19. The van der Waals surface area contributed by atoms with E-state index in [1.807, 2.05) is 13.0 Å². The lowest BCUT2D eigenvalue weighted by Gasteiger charge is -2.15. The molecule has 1 aromatic carbocycles. The van der Waals surface area contributed by atoms with Gasteiger partial charge in [-0.2, -0.15) is 0 Å². The van der Waals surface area contributed by atoms with E-state index in [-0.39, 0.29) is 18.1 Å². The summed E-state index contributed by atoms with van der Waals surface area (Å²) in [7, 11) is 3.29. The summed E-state index contributed by atoms with van der Waals surface area (Å²) in [5, 5.41) is 1.01. The van der Waals surface area contributed by atoms with Gasteiger partial charge in [0.1, 0.15) is 5.69 Å². The van der Waals surface area contributed by atoms with E-state index in [1.54, 1.807) is 41.8 Å². The van der Waals surface area contributed by atoms with Crippen LogP contribution in [0.3, 0.4) is 0 Å². The van der Waals surface area contributed by atoms with Gasteiger partial charge in [-0.05, 0) is 25.1 Å². The highest BCUT2D eigenvalue weighted by atomic mass is 35.5. The Morgan fingerprint density at radius 2 is 2.07 bits per heavy atom. The first-order valence-corrected chi connectivity index (χ1v) is 9.41. The molecule has 0 atom stereocenters. The van der Waals surface area contributed by atoms with Crippen LogP contribution in [0, 0.1) is 6.92 Å². The summed E-state index contributed by atoms with van der Waals surface area (Å²) in [4.78, 5) is 23.2. The highest BCUT2D eigenvalue weighted by molar-refractivity contribution is 6.36. The number of carbonyl (C=O) groups is 1. The molecule has 0 saturated heterocycles. The standard InChI is InChI=1S/C19H21Cl2N5O2/c1-11-14(9-22)17(13-5-4-12(20)8-15(13)21)26-10-16(24-19(26)23-11)18(27)25(2)6-7-28-3/h4-5,8,10H,6-7,9,22H2,1-3H3. The molecule has 0 radical (unpaired) electrons. The average Bonchev–Trinajstić information content (AvgIpc) is 3.08. The van der Waals surface area contributed by atoms with Gasteiger partial charge in [-0.3, -0.25) is 9.20 Å². The molecule has 1 amide bonds. The van der Waals surface area contributed by atoms with Gasteiger partial charge >= 0.3 is 0 Å². The average molecular weight is 422 g/mol. The summed E-state index contributed by atoms with van der Waals surface area (Å²) in [6.45, 7) is 3.02. The lowest BCUT2D eigenvalue weighted by Crippen LogP contribution is -2.30. The molecule has 0 aliphatic carbocycles. The number of nitrogens with zero attached hydrogens (tertiary/aromatic N) is 4. The first-order chi connectivity index (χ1) is 13.4. The molecule has 0 unspecified atom stereocenters. The van der Waals surface area contributed by atoms with E-state index in [9.17, 15) is 4.79 Å². The maximum absolute atomic E-state index is 12.7. The molecule has 2 heterocycles. The lowest BCUT2D eigenvalue weighted by molar-refractivity contribution is 0.0739. The SMILES string of the molecule is COCCN(C)C(=O)c1cn2c(-c3ccc(Cl)cc3Cl)c(CN)c(C)nc2n1.